The third-order valence-corrected chi connectivity index (χ3v) is 2.95. The summed E-state index contributed by atoms with van der Waals surface area (Å²) < 4.78 is 5.64. The SMILES string of the molecule is CCOc1ccccc1[C@@H]1C[C@@H](C)CN1. The standard InChI is InChI=1S/C13H19NO/c1-3-15-13-7-5-4-6-11(13)12-8-10(2)9-14-12/h4-7,10,12,14H,3,8-9H2,1-2H3/t10-,12+/m1/s1. The predicted molar refractivity (Wildman–Crippen MR) is 62.1 cm³/mol. The van der Waals surface area contributed by atoms with Gasteiger partial charge in [0.2, 0.25) is 0 Å². The molecular formula is C13H19NO. The molecule has 1 aliphatic rings. The molecule has 15 heavy (non-hydrogen) atoms. The van der Waals surface area contributed by atoms with Crippen LogP contribution in [0.1, 0.15) is 31.9 Å². The monoisotopic (exact) mass is 205 g/mol. The van der Waals surface area contributed by atoms with Gasteiger partial charge in [0.25, 0.3) is 0 Å². The van der Waals surface area contributed by atoms with Gasteiger partial charge in [-0.25, -0.2) is 0 Å². The Bertz CT molecular complexity index is 324. The van der Waals surface area contributed by atoms with E-state index in [0.29, 0.717) is 6.04 Å². The fourth-order valence-corrected chi connectivity index (χ4v) is 2.20. The summed E-state index contributed by atoms with van der Waals surface area (Å²) in [4.78, 5) is 0. The van der Waals surface area contributed by atoms with Crippen molar-refractivity contribution in [3.8, 4) is 5.75 Å². The zero-order chi connectivity index (χ0) is 10.7. The highest BCUT2D eigenvalue weighted by molar-refractivity contribution is 5.36. The molecule has 1 aromatic rings. The van der Waals surface area contributed by atoms with Crippen LogP contribution in [0.15, 0.2) is 24.3 Å². The van der Waals surface area contributed by atoms with Crippen LogP contribution in [0.3, 0.4) is 0 Å². The largest absolute Gasteiger partial charge is 0.494 e. The molecule has 2 heteroatoms. The molecule has 0 radical (unpaired) electrons. The summed E-state index contributed by atoms with van der Waals surface area (Å²) in [6.07, 6.45) is 1.21. The van der Waals surface area contributed by atoms with Gasteiger partial charge in [0.15, 0.2) is 0 Å². The number of para-hydroxylation sites is 1. The van der Waals surface area contributed by atoms with Gasteiger partial charge in [-0.1, -0.05) is 25.1 Å². The lowest BCUT2D eigenvalue weighted by molar-refractivity contribution is 0.332. The number of nitrogens with one attached hydrogen (secondary N) is 1. The zero-order valence-corrected chi connectivity index (χ0v) is 9.49. The Hall–Kier alpha value is -1.02. The second kappa shape index (κ2) is 4.67. The number of ether oxygens (including phenoxy) is 1. The lowest BCUT2D eigenvalue weighted by Crippen LogP contribution is -2.14. The molecule has 1 fully saturated rings. The first kappa shape index (κ1) is 10.5. The summed E-state index contributed by atoms with van der Waals surface area (Å²) in [7, 11) is 0. The van der Waals surface area contributed by atoms with Gasteiger partial charge in [-0.2, -0.15) is 0 Å². The van der Waals surface area contributed by atoms with Crippen molar-refractivity contribution in [2.45, 2.75) is 26.3 Å². The lowest BCUT2D eigenvalue weighted by atomic mass is 10.0. The van der Waals surface area contributed by atoms with Crippen LogP contribution < -0.4 is 10.1 Å². The summed E-state index contributed by atoms with van der Waals surface area (Å²) in [5.74, 6) is 1.80. The molecule has 0 aliphatic carbocycles. The molecule has 0 aromatic heterocycles. The Labute approximate surface area is 91.6 Å². The van der Waals surface area contributed by atoms with Crippen LogP contribution in [0.5, 0.6) is 5.75 Å². The average Bonchev–Trinajstić information content (AvgIpc) is 2.66. The molecule has 2 nitrogen and oxygen atoms in total. The molecule has 2 rings (SSSR count). The zero-order valence-electron chi connectivity index (χ0n) is 9.49. The van der Waals surface area contributed by atoms with Crippen LogP contribution in [0.4, 0.5) is 0 Å². The maximum absolute atomic E-state index is 5.64. The van der Waals surface area contributed by atoms with Crippen molar-refractivity contribution in [2.24, 2.45) is 5.92 Å². The van der Waals surface area contributed by atoms with Gasteiger partial charge in [0.05, 0.1) is 6.61 Å². The molecule has 0 saturated carbocycles. The van der Waals surface area contributed by atoms with E-state index in [0.717, 1.165) is 24.8 Å². The summed E-state index contributed by atoms with van der Waals surface area (Å²) >= 11 is 0. The van der Waals surface area contributed by atoms with Crippen molar-refractivity contribution in [2.75, 3.05) is 13.2 Å². The lowest BCUT2D eigenvalue weighted by Gasteiger charge is -2.15. The number of hydrogen-bond donors (Lipinski definition) is 1. The van der Waals surface area contributed by atoms with Crippen molar-refractivity contribution in [3.63, 3.8) is 0 Å². The summed E-state index contributed by atoms with van der Waals surface area (Å²) in [5.41, 5.74) is 1.31. The Morgan fingerprint density at radius 1 is 1.40 bits per heavy atom. The van der Waals surface area contributed by atoms with E-state index in [1.54, 1.807) is 0 Å². The minimum absolute atomic E-state index is 0.475. The molecule has 82 valence electrons. The van der Waals surface area contributed by atoms with Crippen LogP contribution in [0, 0.1) is 5.92 Å². The van der Waals surface area contributed by atoms with E-state index in [-0.39, 0.29) is 0 Å². The molecule has 1 saturated heterocycles. The van der Waals surface area contributed by atoms with Crippen LogP contribution >= 0.6 is 0 Å². The van der Waals surface area contributed by atoms with Gasteiger partial charge in [-0.05, 0) is 31.9 Å². The number of benzene rings is 1. The molecule has 0 bridgehead atoms. The molecule has 1 heterocycles. The first-order chi connectivity index (χ1) is 7.31. The van der Waals surface area contributed by atoms with Gasteiger partial charge >= 0.3 is 0 Å². The number of hydrogen-bond acceptors (Lipinski definition) is 2. The van der Waals surface area contributed by atoms with E-state index < -0.39 is 0 Å². The first-order valence-corrected chi connectivity index (χ1v) is 5.76. The minimum atomic E-state index is 0.475. The average molecular weight is 205 g/mol. The van der Waals surface area contributed by atoms with Crippen LogP contribution in [-0.4, -0.2) is 13.2 Å². The molecule has 0 spiro atoms. The highest BCUT2D eigenvalue weighted by Gasteiger charge is 2.24. The van der Waals surface area contributed by atoms with Crippen molar-refractivity contribution in [1.82, 2.24) is 5.32 Å². The van der Waals surface area contributed by atoms with Crippen LogP contribution in [-0.2, 0) is 0 Å². The van der Waals surface area contributed by atoms with E-state index in [2.05, 4.69) is 30.4 Å². The molecule has 0 amide bonds. The van der Waals surface area contributed by atoms with Gasteiger partial charge in [-0.3, -0.25) is 0 Å². The number of rotatable bonds is 3. The van der Waals surface area contributed by atoms with Crippen molar-refractivity contribution in [3.05, 3.63) is 29.8 Å². The second-order valence-corrected chi connectivity index (χ2v) is 4.27. The van der Waals surface area contributed by atoms with Gasteiger partial charge in [-0.15, -0.1) is 0 Å². The van der Waals surface area contributed by atoms with Crippen molar-refractivity contribution < 1.29 is 4.74 Å². The van der Waals surface area contributed by atoms with E-state index in [1.807, 2.05) is 13.0 Å². The first-order valence-electron chi connectivity index (χ1n) is 5.76. The summed E-state index contributed by atoms with van der Waals surface area (Å²) in [6, 6.07) is 8.82. The van der Waals surface area contributed by atoms with Gasteiger partial charge in [0.1, 0.15) is 5.75 Å². The molecule has 1 aliphatic heterocycles. The van der Waals surface area contributed by atoms with Crippen LogP contribution in [0.25, 0.3) is 0 Å². The summed E-state index contributed by atoms with van der Waals surface area (Å²) in [5, 5.41) is 3.54. The van der Waals surface area contributed by atoms with Crippen molar-refractivity contribution >= 4 is 0 Å². The molecule has 0 unspecified atom stereocenters. The Morgan fingerprint density at radius 2 is 2.20 bits per heavy atom. The second-order valence-electron chi connectivity index (χ2n) is 4.27. The molecular weight excluding hydrogens is 186 g/mol. The fourth-order valence-electron chi connectivity index (χ4n) is 2.20. The predicted octanol–water partition coefficient (Wildman–Crippen LogP) is 2.76. The van der Waals surface area contributed by atoms with E-state index in [1.165, 1.54) is 12.0 Å². The van der Waals surface area contributed by atoms with E-state index >= 15 is 0 Å². The van der Waals surface area contributed by atoms with Gasteiger partial charge < -0.3 is 10.1 Å². The summed E-state index contributed by atoms with van der Waals surface area (Å²) in [6.45, 7) is 6.17. The van der Waals surface area contributed by atoms with Crippen molar-refractivity contribution in [1.29, 1.82) is 0 Å². The third kappa shape index (κ3) is 2.32. The maximum Gasteiger partial charge on any atom is 0.124 e. The van der Waals surface area contributed by atoms with Crippen LogP contribution in [0.2, 0.25) is 0 Å². The quantitative estimate of drug-likeness (QED) is 0.819. The molecule has 2 atom stereocenters. The fraction of sp³-hybridized carbons (Fsp3) is 0.538. The Morgan fingerprint density at radius 3 is 2.87 bits per heavy atom. The smallest absolute Gasteiger partial charge is 0.124 e. The Kier molecular flexibility index (Phi) is 3.27. The third-order valence-electron chi connectivity index (χ3n) is 2.95. The normalized spacial score (nSPS) is 25.5. The Balaban J connectivity index is 2.19. The van der Waals surface area contributed by atoms with E-state index in [4.69, 9.17) is 4.74 Å². The maximum atomic E-state index is 5.64. The molecule has 1 aromatic carbocycles. The highest BCUT2D eigenvalue weighted by Crippen LogP contribution is 2.32. The van der Waals surface area contributed by atoms with E-state index in [9.17, 15) is 0 Å². The minimum Gasteiger partial charge on any atom is -0.494 e. The highest BCUT2D eigenvalue weighted by atomic mass is 16.5. The van der Waals surface area contributed by atoms with Gasteiger partial charge in [0, 0.05) is 11.6 Å². The topological polar surface area (TPSA) is 21.3 Å². The molecule has 1 N–H and O–H groups in total.